The summed E-state index contributed by atoms with van der Waals surface area (Å²) in [5, 5.41) is 33.9. The number of hydrogen-bond donors (Lipinski definition) is 6. The van der Waals surface area contributed by atoms with Crippen molar-refractivity contribution in [2.75, 3.05) is 64.2 Å². The number of carbonyl (C=O) groups is 5. The van der Waals surface area contributed by atoms with E-state index in [2.05, 4.69) is 15.0 Å². The normalized spacial score (nSPS) is 10.4. The second-order valence-corrected chi connectivity index (χ2v) is 27.4. The van der Waals surface area contributed by atoms with E-state index in [9.17, 15) is 66.1 Å². The standard InChI is InChI=1S/C18H15ClFNO4.C16H11ClFNO4.C15H14ClNO3.C14H9ClFNO2.C7H8ClNO.C7H4FIO2.C4H7IO2.CH4/c1-3-25-15(22)9-21-14-8-10(20)4-5-11(14)17(23)12-6-7-13(19)18(24-2)16(12)21;1-23-16-11(17)5-4-10-14(16)19(7-13(20)21)12-6-8(18)2-3-9(12)15(10)22;1-9-6-7-10(15(18)19)13(8-9)17-12-5-3-4-11(16)14(12)20-2;1-19-14-10(15)5-4-9-12(14)17-11-6-7(16)2-3-8(11)13(9)18;1-10-7-5(8)3-2-4-6(7)9;8-4-1-2-5(7(10)11)6(9)3-4;1-2-7-4(6)3-5;/h4-8H,3,9H2,1-2H3;2-6H,7H2,1H3,(H,20,21);3-8,17H,1-2H3,(H,18,19);2-6H,1H3,(H,17,18);2-4H,9H2,1H3;1-3H,(H,10,11);2-3H2,1H3;1H4. The molecule has 7 N–H and O–H groups in total. The maximum absolute atomic E-state index is 13.8. The van der Waals surface area contributed by atoms with Gasteiger partial charge in [0, 0.05) is 19.7 Å². The Morgan fingerprint density at radius 3 is 1.34 bits per heavy atom. The van der Waals surface area contributed by atoms with E-state index in [0.717, 1.165) is 23.8 Å². The maximum Gasteiger partial charge on any atom is 0.337 e. The number of benzene rings is 10. The summed E-state index contributed by atoms with van der Waals surface area (Å²) in [6.45, 7) is 5.41. The summed E-state index contributed by atoms with van der Waals surface area (Å²) in [5.41, 5.74) is 9.55. The summed E-state index contributed by atoms with van der Waals surface area (Å²) in [7, 11) is 7.30. The molecule has 0 saturated heterocycles. The second-order valence-electron chi connectivity index (χ2n) is 23.5. The Balaban J connectivity index is 0.000000217. The van der Waals surface area contributed by atoms with Crippen LogP contribution in [-0.4, -0.2) is 112 Å². The van der Waals surface area contributed by atoms with Gasteiger partial charge in [-0.2, -0.15) is 0 Å². The number of methoxy groups -OCH3 is 5. The number of nitrogens with two attached hydrogens (primary N) is 1. The van der Waals surface area contributed by atoms with Gasteiger partial charge in [0.25, 0.3) is 0 Å². The fourth-order valence-corrected chi connectivity index (χ4v) is 13.4. The molecule has 13 aromatic rings. The van der Waals surface area contributed by atoms with E-state index in [1.54, 1.807) is 115 Å². The number of aromatic nitrogens is 3. The van der Waals surface area contributed by atoms with Crippen LogP contribution in [0.5, 0.6) is 28.7 Å². The number of aromatic carboxylic acids is 2. The molecule has 0 amide bonds. The quantitative estimate of drug-likeness (QED) is 0.0131. The molecule has 0 aliphatic rings. The van der Waals surface area contributed by atoms with Gasteiger partial charge in [0.15, 0.2) is 45.0 Å². The molecule has 0 radical (unpaired) electrons. The Labute approximate surface area is 711 Å². The Morgan fingerprint density at radius 1 is 0.474 bits per heavy atom. The minimum atomic E-state index is -1.14. The van der Waals surface area contributed by atoms with Crippen molar-refractivity contribution in [1.82, 2.24) is 14.1 Å². The first-order chi connectivity index (χ1) is 54.7. The van der Waals surface area contributed by atoms with Crippen LogP contribution in [0, 0.1) is 33.8 Å². The highest BCUT2D eigenvalue weighted by Crippen LogP contribution is 2.39. The lowest BCUT2D eigenvalue weighted by atomic mass is 10.1. The van der Waals surface area contributed by atoms with Crippen LogP contribution in [0.15, 0.2) is 178 Å². The van der Waals surface area contributed by atoms with Gasteiger partial charge in [-0.15, -0.1) is 0 Å². The van der Waals surface area contributed by atoms with E-state index >= 15 is 0 Å². The lowest BCUT2D eigenvalue weighted by Crippen LogP contribution is -2.19. The van der Waals surface area contributed by atoms with Crippen molar-refractivity contribution in [3.05, 3.63) is 263 Å². The molecular formula is C82H72Cl5F4I2N5O18. The number of alkyl halides is 1. The molecule has 23 nitrogen and oxygen atoms in total. The van der Waals surface area contributed by atoms with E-state index in [1.165, 1.54) is 111 Å². The summed E-state index contributed by atoms with van der Waals surface area (Å²) in [5.74, 6) is -3.92. The lowest BCUT2D eigenvalue weighted by molar-refractivity contribution is -0.143. The van der Waals surface area contributed by atoms with E-state index in [0.29, 0.717) is 102 Å². The van der Waals surface area contributed by atoms with Crippen LogP contribution in [0.4, 0.5) is 34.6 Å². The van der Waals surface area contributed by atoms with Gasteiger partial charge in [-0.1, -0.05) is 106 Å². The third kappa shape index (κ3) is 23.3. The van der Waals surface area contributed by atoms with Gasteiger partial charge in [0.05, 0.1) is 156 Å². The van der Waals surface area contributed by atoms with Gasteiger partial charge in [-0.05, 0) is 195 Å². The molecule has 0 spiro atoms. The third-order valence-electron chi connectivity index (χ3n) is 16.1. The number of ether oxygens (including phenoxy) is 7. The van der Waals surface area contributed by atoms with Crippen molar-refractivity contribution < 1.29 is 90.0 Å². The molecule has 0 atom stereocenters. The van der Waals surface area contributed by atoms with Crippen molar-refractivity contribution in [2.45, 2.75) is 41.3 Å². The number of nitrogens with one attached hydrogen (secondary N) is 2. The Bertz CT molecular complexity index is 6020. The number of halogens is 11. The molecule has 0 saturated carbocycles. The SMILES string of the molecule is C.CCOC(=O)CI.CCOC(=O)Cn1c2cc(F)ccc2c(=O)c2ccc(Cl)c(OC)c21.COc1c(Cl)ccc2c(=O)c3ccc(F)cc3[nH]c12.COc1c(Cl)ccc2c(=O)c3ccc(F)cc3n(CC(=O)O)c12.COc1c(Cl)cccc1Nc1cc(C)ccc1C(=O)O.COc1c(N)cccc1Cl.O=C(O)c1ccc(F)cc1I. The molecule has 3 aromatic heterocycles. The molecule has 0 unspecified atom stereocenters. The highest BCUT2D eigenvalue weighted by Gasteiger charge is 2.23. The highest BCUT2D eigenvalue weighted by molar-refractivity contribution is 14.1. The summed E-state index contributed by atoms with van der Waals surface area (Å²) in [6.07, 6.45) is 0. The number of aryl methyl sites for hydroxylation is 1. The van der Waals surface area contributed by atoms with Crippen molar-refractivity contribution in [3.8, 4) is 28.7 Å². The number of carbonyl (C=O) groups excluding carboxylic acids is 2. The molecule has 10 aromatic carbocycles. The van der Waals surface area contributed by atoms with Crippen LogP contribution in [0.25, 0.3) is 65.4 Å². The first-order valence-corrected chi connectivity index (χ1v) is 38.0. The van der Waals surface area contributed by atoms with Crippen LogP contribution in [0.3, 0.4) is 0 Å². The Morgan fingerprint density at radius 2 is 0.888 bits per heavy atom. The number of nitrogen functional groups attached to an aromatic ring is 1. The number of pyridine rings is 3. The van der Waals surface area contributed by atoms with Crippen molar-refractivity contribution >= 4 is 216 Å². The molecular weight excluding hydrogens is 1850 g/mol. The zero-order valence-electron chi connectivity index (χ0n) is 61.7. The van der Waals surface area contributed by atoms with Gasteiger partial charge in [-0.3, -0.25) is 28.8 Å². The predicted octanol–water partition coefficient (Wildman–Crippen LogP) is 19.8. The van der Waals surface area contributed by atoms with Gasteiger partial charge < -0.3 is 73.6 Å². The van der Waals surface area contributed by atoms with Crippen LogP contribution >= 0.6 is 103 Å². The molecule has 34 heteroatoms. The van der Waals surface area contributed by atoms with Gasteiger partial charge in [0.2, 0.25) is 0 Å². The third-order valence-corrected chi connectivity index (χ3v) is 19.2. The number of hydrogen-bond acceptors (Lipinski definition) is 17. The van der Waals surface area contributed by atoms with Crippen molar-refractivity contribution in [2.24, 2.45) is 0 Å². The van der Waals surface area contributed by atoms with Crippen molar-refractivity contribution in [3.63, 3.8) is 0 Å². The Hall–Kier alpha value is -10.8. The van der Waals surface area contributed by atoms with E-state index < -0.39 is 53.7 Å². The van der Waals surface area contributed by atoms with Crippen LogP contribution in [0.1, 0.15) is 47.6 Å². The summed E-state index contributed by atoms with van der Waals surface area (Å²) >= 11 is 33.8. The molecule has 3 heterocycles. The average Bonchev–Trinajstić information content (AvgIpc) is 0.757. The average molecular weight is 1920 g/mol. The van der Waals surface area contributed by atoms with E-state index in [-0.39, 0.29) is 103 Å². The van der Waals surface area contributed by atoms with Crippen LogP contribution < -0.4 is 51.0 Å². The number of esters is 2. The monoisotopic (exact) mass is 1920 g/mol. The number of carboxylic acids is 3. The molecule has 0 aliphatic heterocycles. The fraction of sp³-hybridized carbons (Fsp3) is 0.171. The molecule has 13 rings (SSSR count). The molecule has 610 valence electrons. The molecule has 0 bridgehead atoms. The summed E-state index contributed by atoms with van der Waals surface area (Å²) in [6, 6.07) is 39.9. The van der Waals surface area contributed by atoms with Gasteiger partial charge in [0.1, 0.15) is 36.4 Å². The number of nitrogens with zero attached hydrogens (tertiary/aromatic N) is 2. The van der Waals surface area contributed by atoms with Crippen LogP contribution in [0.2, 0.25) is 25.1 Å². The largest absolute Gasteiger partial charge is 0.493 e. The van der Waals surface area contributed by atoms with Crippen molar-refractivity contribution in [1.29, 1.82) is 0 Å². The van der Waals surface area contributed by atoms with Gasteiger partial charge in [-0.25, -0.2) is 27.2 Å². The number of carboxylic acid groups (broad SMARTS) is 3. The lowest BCUT2D eigenvalue weighted by Gasteiger charge is -2.17. The second kappa shape index (κ2) is 43.8. The minimum Gasteiger partial charge on any atom is -0.493 e. The smallest absolute Gasteiger partial charge is 0.337 e. The van der Waals surface area contributed by atoms with E-state index in [1.807, 2.05) is 29.5 Å². The maximum atomic E-state index is 13.8. The van der Waals surface area contributed by atoms with Gasteiger partial charge >= 0.3 is 29.8 Å². The number of rotatable bonds is 16. The first-order valence-electron chi connectivity index (χ1n) is 33.5. The molecule has 0 fully saturated rings. The molecule has 116 heavy (non-hydrogen) atoms. The summed E-state index contributed by atoms with van der Waals surface area (Å²) in [4.78, 5) is 95.9. The zero-order valence-corrected chi connectivity index (χ0v) is 69.8. The minimum absolute atomic E-state index is 0. The Kier molecular flexibility index (Phi) is 35.5. The zero-order chi connectivity index (χ0) is 84.8. The number of aliphatic carboxylic acids is 1. The van der Waals surface area contributed by atoms with Crippen LogP contribution in [-0.2, 0) is 36.9 Å². The summed E-state index contributed by atoms with van der Waals surface area (Å²) < 4.78 is 92.3. The predicted molar refractivity (Wildman–Crippen MR) is 463 cm³/mol. The molecule has 0 aliphatic carbocycles. The number of para-hydroxylation sites is 2. The number of fused-ring (bicyclic) bond motifs is 6. The number of anilines is 3. The number of H-pyrrole nitrogens is 1. The van der Waals surface area contributed by atoms with E-state index in [4.69, 9.17) is 97.3 Å². The highest BCUT2D eigenvalue weighted by atomic mass is 127. The fourth-order valence-electron chi connectivity index (χ4n) is 11.2. The topological polar surface area (TPSA) is 326 Å². The number of aromatic amines is 1. The first kappa shape index (κ1) is 94.0.